The summed E-state index contributed by atoms with van der Waals surface area (Å²) >= 11 is 0. The van der Waals surface area contributed by atoms with Crippen molar-refractivity contribution in [2.45, 2.75) is 59.0 Å². The van der Waals surface area contributed by atoms with Gasteiger partial charge in [-0.15, -0.1) is 0 Å². The number of benzene rings is 1. The molecule has 1 aliphatic rings. The molecule has 0 aliphatic heterocycles. The number of nitrogens with zero attached hydrogens (tertiary/aromatic N) is 5. The lowest BCUT2D eigenvalue weighted by Crippen LogP contribution is -2.45. The van der Waals surface area contributed by atoms with E-state index in [1.165, 1.54) is 29.5 Å². The molecule has 1 saturated carbocycles. The summed E-state index contributed by atoms with van der Waals surface area (Å²) in [5.74, 6) is -1.43. The fourth-order valence-corrected chi connectivity index (χ4v) is 5.58. The van der Waals surface area contributed by atoms with Crippen LogP contribution in [-0.4, -0.2) is 48.8 Å². The molecule has 3 heterocycles. The average molecular weight is 581 g/mol. The van der Waals surface area contributed by atoms with E-state index < -0.39 is 36.3 Å². The highest BCUT2D eigenvalue weighted by atomic mass is 19.3. The molecule has 3 aromatic heterocycles. The monoisotopic (exact) mass is 580 g/mol. The second-order valence-corrected chi connectivity index (χ2v) is 11.6. The molecule has 1 aliphatic carbocycles. The summed E-state index contributed by atoms with van der Waals surface area (Å²) in [6.07, 6.45) is 3.65. The Balaban J connectivity index is 1.52. The first kappa shape index (κ1) is 29.0. The molecule has 1 aromatic carbocycles. The maximum atomic E-state index is 16.3. The third-order valence-electron chi connectivity index (χ3n) is 7.65. The van der Waals surface area contributed by atoms with Crippen molar-refractivity contribution in [3.63, 3.8) is 0 Å². The molecule has 0 bridgehead atoms. The number of aromatic nitrogens is 4. The minimum Gasteiger partial charge on any atom is -0.465 e. The molecule has 4 aromatic rings. The molecular weight excluding hydrogens is 549 g/mol. The Bertz CT molecular complexity index is 1680. The number of aryl methyl sites for hydroxylation is 1. The van der Waals surface area contributed by atoms with E-state index >= 15 is 4.39 Å². The molecule has 0 radical (unpaired) electrons. The molecule has 0 saturated heterocycles. The number of fused-ring (bicyclic) bond motifs is 1. The third kappa shape index (κ3) is 5.40. The zero-order valence-electron chi connectivity index (χ0n) is 23.8. The van der Waals surface area contributed by atoms with Gasteiger partial charge in [-0.25, -0.2) is 22.9 Å². The first-order valence-electron chi connectivity index (χ1n) is 13.5. The number of carbonyl (C=O) groups is 2. The van der Waals surface area contributed by atoms with Crippen LogP contribution in [0.25, 0.3) is 21.9 Å². The second-order valence-electron chi connectivity index (χ2n) is 11.6. The van der Waals surface area contributed by atoms with Crippen molar-refractivity contribution in [1.29, 1.82) is 0 Å². The number of anilines is 2. The largest absolute Gasteiger partial charge is 0.465 e. The van der Waals surface area contributed by atoms with Crippen molar-refractivity contribution in [2.75, 3.05) is 10.2 Å². The van der Waals surface area contributed by atoms with Gasteiger partial charge in [0.1, 0.15) is 12.4 Å². The number of halogens is 3. The van der Waals surface area contributed by atoms with Crippen molar-refractivity contribution >= 4 is 34.3 Å². The zero-order chi connectivity index (χ0) is 30.5. The lowest BCUT2D eigenvalue weighted by Gasteiger charge is -2.34. The summed E-state index contributed by atoms with van der Waals surface area (Å²) in [5, 5.41) is 17.6. The minimum atomic E-state index is -2.53. The number of alkyl halides is 2. The number of hydrogen-bond donors (Lipinski definition) is 2. The second kappa shape index (κ2) is 10.7. The fourth-order valence-electron chi connectivity index (χ4n) is 5.58. The van der Waals surface area contributed by atoms with E-state index in [9.17, 15) is 23.5 Å². The summed E-state index contributed by atoms with van der Waals surface area (Å²) in [4.78, 5) is 35.1. The number of carboxylic acid groups (broad SMARTS) is 1. The van der Waals surface area contributed by atoms with Crippen LogP contribution in [0.4, 0.5) is 29.5 Å². The van der Waals surface area contributed by atoms with Gasteiger partial charge in [0.25, 0.3) is 6.43 Å². The standard InChI is InChI=1S/C30H31F3N6O3/c1-15-6-7-34-11-20(15)19-8-17-9-23(35-12-21(17)27(26(19)33)39(29(41)42)30(3,4)5)37-28(40)25-16(2)24(25)18-10-36-38(13-18)14-22(31)32/h6-13,16,22,24-25H,14H2,1-5H3,(H,41,42)(H,35,37,40). The van der Waals surface area contributed by atoms with E-state index in [4.69, 9.17) is 0 Å². The van der Waals surface area contributed by atoms with Gasteiger partial charge in [-0.1, -0.05) is 6.92 Å². The Morgan fingerprint density at radius 3 is 2.55 bits per heavy atom. The van der Waals surface area contributed by atoms with Gasteiger partial charge in [0.2, 0.25) is 5.91 Å². The SMILES string of the molecule is Cc1ccncc1-c1cc2cc(NC(=O)C3C(C)C3c3cnn(CC(F)F)c3)ncc2c(N(C(=O)O)C(C)(C)C)c1F. The van der Waals surface area contributed by atoms with Crippen LogP contribution in [-0.2, 0) is 11.3 Å². The summed E-state index contributed by atoms with van der Waals surface area (Å²) in [7, 11) is 0. The minimum absolute atomic E-state index is 0.0357. The van der Waals surface area contributed by atoms with Crippen LogP contribution >= 0.6 is 0 Å². The highest BCUT2D eigenvalue weighted by molar-refractivity contribution is 6.06. The van der Waals surface area contributed by atoms with Gasteiger partial charge >= 0.3 is 6.09 Å². The normalized spacial score (nSPS) is 18.4. The van der Waals surface area contributed by atoms with Gasteiger partial charge in [0.05, 0.1) is 11.9 Å². The smallest absolute Gasteiger partial charge is 0.412 e. The Morgan fingerprint density at radius 2 is 1.90 bits per heavy atom. The number of nitrogens with one attached hydrogen (secondary N) is 1. The molecule has 2 amide bonds. The summed E-state index contributed by atoms with van der Waals surface area (Å²) in [5.41, 5.74) is 0.991. The first-order valence-corrected chi connectivity index (χ1v) is 13.5. The number of carbonyl (C=O) groups excluding carboxylic acids is 1. The topological polar surface area (TPSA) is 113 Å². The van der Waals surface area contributed by atoms with Crippen molar-refractivity contribution in [1.82, 2.24) is 19.7 Å². The van der Waals surface area contributed by atoms with Crippen LogP contribution in [0.1, 0.15) is 44.7 Å². The molecule has 5 rings (SSSR count). The maximum Gasteiger partial charge on any atom is 0.412 e. The molecular formula is C30H31F3N6O3. The van der Waals surface area contributed by atoms with Gasteiger partial charge in [0, 0.05) is 58.7 Å². The van der Waals surface area contributed by atoms with Crippen LogP contribution < -0.4 is 10.2 Å². The lowest BCUT2D eigenvalue weighted by molar-refractivity contribution is -0.117. The van der Waals surface area contributed by atoms with Gasteiger partial charge in [-0.3, -0.25) is 19.4 Å². The van der Waals surface area contributed by atoms with E-state index in [0.717, 1.165) is 10.5 Å². The first-order chi connectivity index (χ1) is 19.8. The highest BCUT2D eigenvalue weighted by Crippen LogP contribution is 2.54. The van der Waals surface area contributed by atoms with Crippen molar-refractivity contribution < 1.29 is 27.9 Å². The molecule has 9 nitrogen and oxygen atoms in total. The van der Waals surface area contributed by atoms with E-state index in [0.29, 0.717) is 16.5 Å². The number of amides is 2. The lowest BCUT2D eigenvalue weighted by atomic mass is 9.95. The average Bonchev–Trinajstić information content (AvgIpc) is 3.35. The maximum absolute atomic E-state index is 16.3. The predicted molar refractivity (Wildman–Crippen MR) is 152 cm³/mol. The molecule has 2 N–H and O–H groups in total. The molecule has 12 heteroatoms. The molecule has 220 valence electrons. The zero-order valence-corrected chi connectivity index (χ0v) is 23.8. The van der Waals surface area contributed by atoms with E-state index in [1.54, 1.807) is 45.2 Å². The van der Waals surface area contributed by atoms with E-state index in [2.05, 4.69) is 20.4 Å². The molecule has 1 fully saturated rings. The Morgan fingerprint density at radius 1 is 1.17 bits per heavy atom. The number of rotatable bonds is 7. The van der Waals surface area contributed by atoms with Gasteiger partial charge in [-0.05, 0) is 68.3 Å². The van der Waals surface area contributed by atoms with Crippen molar-refractivity contribution in [3.8, 4) is 11.1 Å². The summed E-state index contributed by atoms with van der Waals surface area (Å²) in [6, 6.07) is 4.91. The fraction of sp³-hybridized carbons (Fsp3) is 0.367. The van der Waals surface area contributed by atoms with Crippen LogP contribution in [0.15, 0.2) is 49.2 Å². The molecule has 3 atom stereocenters. The number of hydrogen-bond acceptors (Lipinski definition) is 5. The number of pyridine rings is 2. The van der Waals surface area contributed by atoms with Crippen molar-refractivity contribution in [3.05, 3.63) is 66.1 Å². The molecule has 0 spiro atoms. The third-order valence-corrected chi connectivity index (χ3v) is 7.65. The highest BCUT2D eigenvalue weighted by Gasteiger charge is 2.53. The summed E-state index contributed by atoms with van der Waals surface area (Å²) < 4.78 is 42.9. The van der Waals surface area contributed by atoms with Crippen LogP contribution in [0.5, 0.6) is 0 Å². The van der Waals surface area contributed by atoms with E-state index in [-0.39, 0.29) is 40.2 Å². The van der Waals surface area contributed by atoms with Crippen molar-refractivity contribution in [2.24, 2.45) is 11.8 Å². The summed E-state index contributed by atoms with van der Waals surface area (Å²) in [6.45, 7) is 8.19. The van der Waals surface area contributed by atoms with Crippen LogP contribution in [0.2, 0.25) is 0 Å². The van der Waals surface area contributed by atoms with Crippen LogP contribution in [0, 0.1) is 24.6 Å². The Hall–Kier alpha value is -4.48. The van der Waals surface area contributed by atoms with E-state index in [1.807, 2.05) is 13.8 Å². The van der Waals surface area contributed by atoms with Gasteiger partial charge in [0.15, 0.2) is 5.82 Å². The Labute approximate surface area is 240 Å². The molecule has 3 unspecified atom stereocenters. The Kier molecular flexibility index (Phi) is 7.42. The van der Waals surface area contributed by atoms with Crippen LogP contribution in [0.3, 0.4) is 0 Å². The van der Waals surface area contributed by atoms with Gasteiger partial charge in [-0.2, -0.15) is 5.10 Å². The van der Waals surface area contributed by atoms with Gasteiger partial charge < -0.3 is 10.4 Å². The predicted octanol–water partition coefficient (Wildman–Crippen LogP) is 6.48. The quantitative estimate of drug-likeness (QED) is 0.259. The molecule has 42 heavy (non-hydrogen) atoms.